The molecule has 0 spiro atoms. The van der Waals surface area contributed by atoms with Crippen molar-refractivity contribution < 1.29 is 4.74 Å². The lowest BCUT2D eigenvalue weighted by Gasteiger charge is -2.24. The van der Waals surface area contributed by atoms with E-state index < -0.39 is 0 Å². The summed E-state index contributed by atoms with van der Waals surface area (Å²) in [5.74, 6) is 1.66. The first kappa shape index (κ1) is 23.9. The fourth-order valence-corrected chi connectivity index (χ4v) is 3.35. The van der Waals surface area contributed by atoms with Crippen LogP contribution < -0.4 is 0 Å². The van der Waals surface area contributed by atoms with Crippen LogP contribution in [-0.4, -0.2) is 37.7 Å². The van der Waals surface area contributed by atoms with Crippen molar-refractivity contribution in [3.05, 3.63) is 0 Å². The summed E-state index contributed by atoms with van der Waals surface area (Å²) in [6.07, 6.45) is 13.3. The molecule has 0 saturated heterocycles. The minimum absolute atomic E-state index is 0.756. The van der Waals surface area contributed by atoms with Gasteiger partial charge in [0.05, 0.1) is 6.61 Å². The van der Waals surface area contributed by atoms with Crippen molar-refractivity contribution in [2.24, 2.45) is 11.8 Å². The Hall–Kier alpha value is -0.0800. The maximum Gasteiger partial charge on any atom is 0.0593 e. The summed E-state index contributed by atoms with van der Waals surface area (Å²) < 4.78 is 6.09. The molecule has 0 rings (SSSR count). The Labute approximate surface area is 153 Å². The molecular weight excluding hydrogens is 294 g/mol. The SMILES string of the molecule is CCCC[C@@H](CC)C[C@H](CC)COCCN(CCCC)CCCC. The summed E-state index contributed by atoms with van der Waals surface area (Å²) in [6.45, 7) is 17.0. The molecule has 0 aliphatic rings. The first-order chi connectivity index (χ1) is 11.7. The molecule has 0 fully saturated rings. The first-order valence-corrected chi connectivity index (χ1v) is 11.0. The van der Waals surface area contributed by atoms with Gasteiger partial charge in [-0.05, 0) is 44.2 Å². The van der Waals surface area contributed by atoms with E-state index in [1.807, 2.05) is 0 Å². The van der Waals surface area contributed by atoms with Gasteiger partial charge in [0.25, 0.3) is 0 Å². The standard InChI is InChI=1S/C22H47NO/c1-6-11-14-21(9-4)19-22(10-5)20-24-18-17-23(15-12-7-2)16-13-8-3/h21-22H,6-20H2,1-5H3/t21-,22+/m1/s1. The van der Waals surface area contributed by atoms with Gasteiger partial charge in [-0.15, -0.1) is 0 Å². The molecule has 0 aromatic rings. The van der Waals surface area contributed by atoms with Crippen LogP contribution in [0.2, 0.25) is 0 Å². The summed E-state index contributed by atoms with van der Waals surface area (Å²) in [5, 5.41) is 0. The van der Waals surface area contributed by atoms with E-state index in [2.05, 4.69) is 39.5 Å². The molecule has 0 aliphatic carbocycles. The fraction of sp³-hybridized carbons (Fsp3) is 1.00. The maximum atomic E-state index is 6.09. The second-order valence-corrected chi connectivity index (χ2v) is 7.55. The zero-order valence-electron chi connectivity index (χ0n) is 17.6. The monoisotopic (exact) mass is 341 g/mol. The molecule has 2 heteroatoms. The highest BCUT2D eigenvalue weighted by Gasteiger charge is 2.14. The van der Waals surface area contributed by atoms with Crippen molar-refractivity contribution in [3.8, 4) is 0 Å². The zero-order chi connectivity index (χ0) is 18.0. The van der Waals surface area contributed by atoms with Crippen LogP contribution in [0, 0.1) is 11.8 Å². The molecule has 0 amide bonds. The number of unbranched alkanes of at least 4 members (excludes halogenated alkanes) is 3. The molecule has 0 aliphatic heterocycles. The molecule has 0 radical (unpaired) electrons. The van der Waals surface area contributed by atoms with E-state index in [-0.39, 0.29) is 0 Å². The lowest BCUT2D eigenvalue weighted by atomic mass is 9.88. The summed E-state index contributed by atoms with van der Waals surface area (Å²) in [4.78, 5) is 2.60. The molecule has 2 nitrogen and oxygen atoms in total. The maximum absolute atomic E-state index is 6.09. The fourth-order valence-electron chi connectivity index (χ4n) is 3.35. The number of hydrogen-bond acceptors (Lipinski definition) is 2. The van der Waals surface area contributed by atoms with Crippen molar-refractivity contribution in [1.29, 1.82) is 0 Å². The van der Waals surface area contributed by atoms with Crippen LogP contribution in [-0.2, 0) is 4.74 Å². The molecule has 0 heterocycles. The van der Waals surface area contributed by atoms with Gasteiger partial charge in [-0.3, -0.25) is 0 Å². The smallest absolute Gasteiger partial charge is 0.0593 e. The lowest BCUT2D eigenvalue weighted by molar-refractivity contribution is 0.0676. The van der Waals surface area contributed by atoms with E-state index in [4.69, 9.17) is 4.74 Å². The van der Waals surface area contributed by atoms with Gasteiger partial charge >= 0.3 is 0 Å². The van der Waals surface area contributed by atoms with Gasteiger partial charge in [0.1, 0.15) is 0 Å². The van der Waals surface area contributed by atoms with Crippen LogP contribution in [0.3, 0.4) is 0 Å². The Kier molecular flexibility index (Phi) is 17.7. The van der Waals surface area contributed by atoms with Gasteiger partial charge in [-0.2, -0.15) is 0 Å². The minimum atomic E-state index is 0.756. The molecule has 146 valence electrons. The largest absolute Gasteiger partial charge is 0.380 e. The zero-order valence-corrected chi connectivity index (χ0v) is 17.6. The topological polar surface area (TPSA) is 12.5 Å². The highest BCUT2D eigenvalue weighted by Crippen LogP contribution is 2.23. The van der Waals surface area contributed by atoms with Gasteiger partial charge in [0.15, 0.2) is 0 Å². The molecule has 0 N–H and O–H groups in total. The van der Waals surface area contributed by atoms with Crippen LogP contribution in [0.4, 0.5) is 0 Å². The molecule has 0 aromatic carbocycles. The summed E-state index contributed by atoms with van der Waals surface area (Å²) in [5.41, 5.74) is 0. The van der Waals surface area contributed by atoms with Gasteiger partial charge < -0.3 is 9.64 Å². The molecule has 0 unspecified atom stereocenters. The van der Waals surface area contributed by atoms with Gasteiger partial charge in [0, 0.05) is 13.2 Å². The van der Waals surface area contributed by atoms with E-state index in [1.54, 1.807) is 0 Å². The van der Waals surface area contributed by atoms with Crippen LogP contribution in [0.25, 0.3) is 0 Å². The normalized spacial score (nSPS) is 14.2. The molecule has 24 heavy (non-hydrogen) atoms. The molecular formula is C22H47NO. The first-order valence-electron chi connectivity index (χ1n) is 11.0. The van der Waals surface area contributed by atoms with Crippen molar-refractivity contribution in [2.45, 2.75) is 98.8 Å². The van der Waals surface area contributed by atoms with Crippen molar-refractivity contribution in [3.63, 3.8) is 0 Å². The van der Waals surface area contributed by atoms with Crippen LogP contribution >= 0.6 is 0 Å². The summed E-state index contributed by atoms with van der Waals surface area (Å²) in [7, 11) is 0. The number of hydrogen-bond donors (Lipinski definition) is 0. The van der Waals surface area contributed by atoms with Crippen molar-refractivity contribution >= 4 is 0 Å². The predicted molar refractivity (Wildman–Crippen MR) is 109 cm³/mol. The van der Waals surface area contributed by atoms with E-state index in [1.165, 1.54) is 77.3 Å². The average Bonchev–Trinajstić information content (AvgIpc) is 2.61. The molecule has 0 aromatic heterocycles. The second-order valence-electron chi connectivity index (χ2n) is 7.55. The van der Waals surface area contributed by atoms with Crippen molar-refractivity contribution in [1.82, 2.24) is 4.90 Å². The number of ether oxygens (including phenoxy) is 1. The van der Waals surface area contributed by atoms with E-state index >= 15 is 0 Å². The Morgan fingerprint density at radius 3 is 1.79 bits per heavy atom. The highest BCUT2D eigenvalue weighted by atomic mass is 16.5. The Balaban J connectivity index is 4.00. The third kappa shape index (κ3) is 13.2. The van der Waals surface area contributed by atoms with Gasteiger partial charge in [-0.1, -0.05) is 79.6 Å². The molecule has 0 bridgehead atoms. The third-order valence-corrected chi connectivity index (χ3v) is 5.35. The minimum Gasteiger partial charge on any atom is -0.380 e. The van der Waals surface area contributed by atoms with Gasteiger partial charge in [0.2, 0.25) is 0 Å². The molecule has 0 saturated carbocycles. The van der Waals surface area contributed by atoms with E-state index in [0.29, 0.717) is 0 Å². The highest BCUT2D eigenvalue weighted by molar-refractivity contribution is 4.65. The number of nitrogens with zero attached hydrogens (tertiary/aromatic N) is 1. The second kappa shape index (κ2) is 17.7. The average molecular weight is 342 g/mol. The van der Waals surface area contributed by atoms with Crippen LogP contribution in [0.1, 0.15) is 98.8 Å². The Morgan fingerprint density at radius 1 is 0.708 bits per heavy atom. The van der Waals surface area contributed by atoms with Gasteiger partial charge in [-0.25, -0.2) is 0 Å². The Bertz CT molecular complexity index is 236. The third-order valence-electron chi connectivity index (χ3n) is 5.35. The number of rotatable bonds is 18. The van der Waals surface area contributed by atoms with Crippen molar-refractivity contribution in [2.75, 3.05) is 32.8 Å². The van der Waals surface area contributed by atoms with Crippen LogP contribution in [0.15, 0.2) is 0 Å². The lowest BCUT2D eigenvalue weighted by Crippen LogP contribution is -2.30. The van der Waals surface area contributed by atoms with E-state index in [0.717, 1.165) is 31.6 Å². The quantitative estimate of drug-likeness (QED) is 0.262. The van der Waals surface area contributed by atoms with E-state index in [9.17, 15) is 0 Å². The van der Waals surface area contributed by atoms with Crippen LogP contribution in [0.5, 0.6) is 0 Å². The summed E-state index contributed by atoms with van der Waals surface area (Å²) >= 11 is 0. The summed E-state index contributed by atoms with van der Waals surface area (Å²) in [6, 6.07) is 0. The predicted octanol–water partition coefficient (Wildman–Crippen LogP) is 6.54. The Morgan fingerprint density at radius 2 is 1.29 bits per heavy atom. The molecule has 2 atom stereocenters.